The minimum Gasteiger partial charge on any atom is -0.466 e. The fourth-order valence-corrected chi connectivity index (χ4v) is 1.62. The lowest BCUT2D eigenvalue weighted by atomic mass is 10.1. The number of hydrogen-bond donors (Lipinski definition) is 2. The molecular weight excluding hydrogens is 284 g/mol. The first-order valence-electron chi connectivity index (χ1n) is 6.82. The van der Waals surface area contributed by atoms with Crippen LogP contribution >= 0.6 is 0 Å². The number of carbonyl (C=O) groups excluding carboxylic acids is 3. The molecule has 0 bridgehead atoms. The first-order valence-corrected chi connectivity index (χ1v) is 6.82. The van der Waals surface area contributed by atoms with Crippen LogP contribution in [0.5, 0.6) is 0 Å². The number of carbonyl (C=O) groups is 3. The van der Waals surface area contributed by atoms with Gasteiger partial charge in [0.2, 0.25) is 0 Å². The number of nitrogens with one attached hydrogen (secondary N) is 2. The Bertz CT molecular complexity index is 589. The van der Waals surface area contributed by atoms with Gasteiger partial charge in [0, 0.05) is 17.3 Å². The molecule has 0 unspecified atom stereocenters. The van der Waals surface area contributed by atoms with E-state index in [9.17, 15) is 14.4 Å². The molecule has 0 atom stereocenters. The van der Waals surface area contributed by atoms with E-state index in [0.717, 1.165) is 6.08 Å². The molecule has 118 valence electrons. The Morgan fingerprint density at radius 3 is 2.18 bits per heavy atom. The summed E-state index contributed by atoms with van der Waals surface area (Å²) in [5, 5.41) is 5.54. The molecule has 0 radical (unpaired) electrons. The van der Waals surface area contributed by atoms with Crippen molar-refractivity contribution in [3.63, 3.8) is 0 Å². The molecule has 0 fully saturated rings. The van der Waals surface area contributed by atoms with Crippen LogP contribution in [-0.4, -0.2) is 30.8 Å². The lowest BCUT2D eigenvalue weighted by Crippen LogP contribution is -2.34. The summed E-state index contributed by atoms with van der Waals surface area (Å²) in [6.45, 7) is 5.10. The molecule has 0 aliphatic heterocycles. The molecule has 0 saturated carbocycles. The van der Waals surface area contributed by atoms with Gasteiger partial charge in [-0.1, -0.05) is 0 Å². The third-order valence-corrected chi connectivity index (χ3v) is 2.70. The van der Waals surface area contributed by atoms with Gasteiger partial charge >= 0.3 is 5.97 Å². The Morgan fingerprint density at radius 1 is 1.14 bits per heavy atom. The van der Waals surface area contributed by atoms with Crippen molar-refractivity contribution in [2.75, 3.05) is 12.4 Å². The highest BCUT2D eigenvalue weighted by Crippen LogP contribution is 2.13. The second-order valence-corrected chi connectivity index (χ2v) is 4.97. The van der Waals surface area contributed by atoms with Gasteiger partial charge in [0.1, 0.15) is 5.70 Å². The van der Waals surface area contributed by atoms with E-state index in [0.29, 0.717) is 11.3 Å². The van der Waals surface area contributed by atoms with Gasteiger partial charge in [-0.3, -0.25) is 9.59 Å². The molecule has 0 aliphatic rings. The molecule has 0 heterocycles. The summed E-state index contributed by atoms with van der Waals surface area (Å²) >= 11 is 0. The summed E-state index contributed by atoms with van der Waals surface area (Å²) in [5.74, 6) is -1.10. The molecule has 1 aromatic carbocycles. The van der Waals surface area contributed by atoms with E-state index >= 15 is 0 Å². The first kappa shape index (κ1) is 17.4. The van der Waals surface area contributed by atoms with E-state index in [1.54, 1.807) is 24.3 Å². The highest BCUT2D eigenvalue weighted by Gasteiger charge is 2.13. The fourth-order valence-electron chi connectivity index (χ4n) is 1.62. The molecule has 6 nitrogen and oxygen atoms in total. The number of anilines is 1. The van der Waals surface area contributed by atoms with Gasteiger partial charge in [-0.2, -0.15) is 0 Å². The highest BCUT2D eigenvalue weighted by atomic mass is 16.5. The van der Waals surface area contributed by atoms with Crippen LogP contribution in [0.1, 0.15) is 31.1 Å². The lowest BCUT2D eigenvalue weighted by Gasteiger charge is -2.13. The summed E-state index contributed by atoms with van der Waals surface area (Å²) in [7, 11) is 1.23. The Hall–Kier alpha value is -2.63. The molecule has 0 aliphatic carbocycles. The van der Waals surface area contributed by atoms with E-state index in [1.807, 2.05) is 13.8 Å². The number of Topliss-reactive ketones (excluding diaryl/α,β-unsaturated/α-hetero) is 1. The Balaban J connectivity index is 2.97. The molecule has 1 rings (SSSR count). The van der Waals surface area contributed by atoms with Crippen molar-refractivity contribution < 1.29 is 19.1 Å². The van der Waals surface area contributed by atoms with Crippen LogP contribution in [0.2, 0.25) is 0 Å². The summed E-state index contributed by atoms with van der Waals surface area (Å²) in [5.41, 5.74) is 1.21. The van der Waals surface area contributed by atoms with Gasteiger partial charge in [-0.05, 0) is 45.0 Å². The second kappa shape index (κ2) is 7.97. The lowest BCUT2D eigenvalue weighted by molar-refractivity contribution is -0.135. The largest absolute Gasteiger partial charge is 0.466 e. The van der Waals surface area contributed by atoms with E-state index in [4.69, 9.17) is 0 Å². The maximum absolute atomic E-state index is 12.1. The molecule has 1 amide bonds. The van der Waals surface area contributed by atoms with Crippen LogP contribution < -0.4 is 10.6 Å². The van der Waals surface area contributed by atoms with Gasteiger partial charge in [-0.25, -0.2) is 4.79 Å². The number of ether oxygens (including phenoxy) is 1. The molecule has 1 aromatic rings. The van der Waals surface area contributed by atoms with Crippen LogP contribution in [0.4, 0.5) is 5.69 Å². The number of methoxy groups -OCH3 is 1. The van der Waals surface area contributed by atoms with Gasteiger partial charge in [0.25, 0.3) is 5.91 Å². The number of esters is 1. The van der Waals surface area contributed by atoms with Gasteiger partial charge < -0.3 is 15.4 Å². The van der Waals surface area contributed by atoms with Crippen molar-refractivity contribution in [1.82, 2.24) is 5.32 Å². The Kier molecular flexibility index (Phi) is 6.31. The van der Waals surface area contributed by atoms with E-state index in [2.05, 4.69) is 15.4 Å². The van der Waals surface area contributed by atoms with Gasteiger partial charge in [0.15, 0.2) is 5.78 Å². The van der Waals surface area contributed by atoms with E-state index < -0.39 is 11.9 Å². The highest BCUT2D eigenvalue weighted by molar-refractivity contribution is 6.02. The summed E-state index contributed by atoms with van der Waals surface area (Å²) in [6, 6.07) is 6.52. The number of amides is 1. The molecular formula is C16H20N2O4. The molecule has 6 heteroatoms. The Morgan fingerprint density at radius 2 is 1.73 bits per heavy atom. The predicted molar refractivity (Wildman–Crippen MR) is 83.4 cm³/mol. The molecule has 0 saturated heterocycles. The zero-order valence-corrected chi connectivity index (χ0v) is 13.1. The van der Waals surface area contributed by atoms with Crippen LogP contribution in [0.15, 0.2) is 36.0 Å². The van der Waals surface area contributed by atoms with Crippen molar-refractivity contribution in [2.24, 2.45) is 0 Å². The minimum absolute atomic E-state index is 0.0468. The van der Waals surface area contributed by atoms with Gasteiger partial charge in [0.05, 0.1) is 13.2 Å². The average Bonchev–Trinajstić information content (AvgIpc) is 2.46. The standard InChI is InChI=1S/C16H20N2O4/c1-10(2)17-16(21)14(9-15(20)22-4)18-13-7-5-12(6-8-13)11(3)19/h5-10,18H,1-4H3,(H,17,21)/b14-9-. The van der Waals surface area contributed by atoms with E-state index in [1.165, 1.54) is 14.0 Å². The van der Waals surface area contributed by atoms with Crippen LogP contribution in [-0.2, 0) is 14.3 Å². The monoisotopic (exact) mass is 304 g/mol. The first-order chi connectivity index (χ1) is 10.3. The SMILES string of the molecule is COC(=O)/C=C(\Nc1ccc(C(C)=O)cc1)C(=O)NC(C)C. The maximum Gasteiger partial charge on any atom is 0.332 e. The molecule has 2 N–H and O–H groups in total. The molecule has 0 spiro atoms. The quantitative estimate of drug-likeness (QED) is 0.476. The summed E-state index contributed by atoms with van der Waals surface area (Å²) < 4.78 is 4.54. The van der Waals surface area contributed by atoms with Gasteiger partial charge in [-0.15, -0.1) is 0 Å². The average molecular weight is 304 g/mol. The third-order valence-electron chi connectivity index (χ3n) is 2.70. The zero-order chi connectivity index (χ0) is 16.7. The van der Waals surface area contributed by atoms with E-state index in [-0.39, 0.29) is 17.5 Å². The van der Waals surface area contributed by atoms with Crippen molar-refractivity contribution in [3.8, 4) is 0 Å². The molecule has 0 aromatic heterocycles. The second-order valence-electron chi connectivity index (χ2n) is 4.97. The number of hydrogen-bond acceptors (Lipinski definition) is 5. The minimum atomic E-state index is -0.637. The number of rotatable bonds is 6. The van der Waals surface area contributed by atoms with Crippen LogP contribution in [0.3, 0.4) is 0 Å². The normalized spacial score (nSPS) is 11.0. The zero-order valence-electron chi connectivity index (χ0n) is 13.1. The summed E-state index contributed by atoms with van der Waals surface area (Å²) in [6.07, 6.45) is 1.08. The van der Waals surface area contributed by atoms with Crippen molar-refractivity contribution in [2.45, 2.75) is 26.8 Å². The Labute approximate surface area is 129 Å². The van der Waals surface area contributed by atoms with Crippen LogP contribution in [0, 0.1) is 0 Å². The smallest absolute Gasteiger partial charge is 0.332 e. The van der Waals surface area contributed by atoms with Crippen molar-refractivity contribution >= 4 is 23.3 Å². The molecule has 22 heavy (non-hydrogen) atoms. The number of ketones is 1. The number of benzene rings is 1. The van der Waals surface area contributed by atoms with Crippen molar-refractivity contribution in [1.29, 1.82) is 0 Å². The predicted octanol–water partition coefficient (Wildman–Crippen LogP) is 1.88. The topological polar surface area (TPSA) is 84.5 Å². The fraction of sp³-hybridized carbons (Fsp3) is 0.312. The third kappa shape index (κ3) is 5.40. The summed E-state index contributed by atoms with van der Waals surface area (Å²) in [4.78, 5) is 34.7. The van der Waals surface area contributed by atoms with Crippen molar-refractivity contribution in [3.05, 3.63) is 41.6 Å². The van der Waals surface area contributed by atoms with Crippen LogP contribution in [0.25, 0.3) is 0 Å². The maximum atomic E-state index is 12.1.